The molecule has 0 spiro atoms. The van der Waals surface area contributed by atoms with Gasteiger partial charge in [-0.2, -0.15) is 0 Å². The lowest BCUT2D eigenvalue weighted by atomic mass is 10.2. The Hall–Kier alpha value is -1.000. The molecule has 0 atom stereocenters. The number of benzene rings is 1. The van der Waals surface area contributed by atoms with E-state index in [-0.39, 0.29) is 23.2 Å². The van der Waals surface area contributed by atoms with Crippen LogP contribution in [0.15, 0.2) is 36.5 Å². The van der Waals surface area contributed by atoms with Crippen LogP contribution in [0.5, 0.6) is 0 Å². The molecule has 0 aliphatic rings. The van der Waals surface area contributed by atoms with Gasteiger partial charge in [0, 0.05) is 11.2 Å². The zero-order valence-corrected chi connectivity index (χ0v) is 12.4. The van der Waals surface area contributed by atoms with Crippen molar-refractivity contribution < 1.29 is 4.79 Å². The standard InChI is InChI=1S/C12H7Cl3N2O.ClH/c13-7-3-4-8(10(15)6-7)12(18)17-11-9(14)2-1-5-16-11;/h1-6H,(H,16,17,18);1H. The van der Waals surface area contributed by atoms with Crippen LogP contribution in [0.3, 0.4) is 0 Å². The Kier molecular flexibility index (Phi) is 5.88. The van der Waals surface area contributed by atoms with Crippen LogP contribution in [0.1, 0.15) is 10.4 Å². The van der Waals surface area contributed by atoms with E-state index in [1.54, 1.807) is 18.2 Å². The number of pyridine rings is 1. The van der Waals surface area contributed by atoms with E-state index in [1.807, 2.05) is 0 Å². The summed E-state index contributed by atoms with van der Waals surface area (Å²) in [6.45, 7) is 0. The number of amides is 1. The average Bonchev–Trinajstić information content (AvgIpc) is 2.32. The van der Waals surface area contributed by atoms with E-state index in [1.165, 1.54) is 18.3 Å². The summed E-state index contributed by atoms with van der Waals surface area (Å²) in [7, 11) is 0. The molecule has 1 heterocycles. The molecule has 0 saturated carbocycles. The van der Waals surface area contributed by atoms with Crippen molar-refractivity contribution in [2.24, 2.45) is 0 Å². The molecule has 100 valence electrons. The minimum absolute atomic E-state index is 0. The molecular formula is C12H8Cl4N2O. The summed E-state index contributed by atoms with van der Waals surface area (Å²) in [5, 5.41) is 3.67. The summed E-state index contributed by atoms with van der Waals surface area (Å²) in [6, 6.07) is 7.93. The Morgan fingerprint density at radius 1 is 1.11 bits per heavy atom. The SMILES string of the molecule is Cl.O=C(Nc1ncccc1Cl)c1ccc(Cl)cc1Cl. The molecule has 7 heteroatoms. The number of hydrogen-bond donors (Lipinski definition) is 1. The van der Waals surface area contributed by atoms with Gasteiger partial charge in [-0.05, 0) is 30.3 Å². The topological polar surface area (TPSA) is 42.0 Å². The summed E-state index contributed by atoms with van der Waals surface area (Å²) < 4.78 is 0. The Morgan fingerprint density at radius 2 is 1.84 bits per heavy atom. The van der Waals surface area contributed by atoms with Crippen molar-refractivity contribution in [2.45, 2.75) is 0 Å². The van der Waals surface area contributed by atoms with E-state index in [4.69, 9.17) is 34.8 Å². The molecule has 0 aliphatic carbocycles. The normalized spacial score (nSPS) is 9.63. The molecule has 0 unspecified atom stereocenters. The van der Waals surface area contributed by atoms with Crippen molar-refractivity contribution in [1.29, 1.82) is 0 Å². The van der Waals surface area contributed by atoms with E-state index in [0.717, 1.165) is 0 Å². The number of nitrogens with one attached hydrogen (secondary N) is 1. The fraction of sp³-hybridized carbons (Fsp3) is 0. The van der Waals surface area contributed by atoms with Gasteiger partial charge in [0.1, 0.15) is 0 Å². The fourth-order valence-corrected chi connectivity index (χ4v) is 1.99. The smallest absolute Gasteiger partial charge is 0.258 e. The highest BCUT2D eigenvalue weighted by Crippen LogP contribution is 2.23. The molecule has 0 fully saturated rings. The van der Waals surface area contributed by atoms with Gasteiger partial charge in [-0.3, -0.25) is 4.79 Å². The first-order valence-electron chi connectivity index (χ1n) is 4.95. The zero-order chi connectivity index (χ0) is 13.1. The number of halogens is 4. The van der Waals surface area contributed by atoms with Crippen molar-refractivity contribution in [3.8, 4) is 0 Å². The van der Waals surface area contributed by atoms with Gasteiger partial charge < -0.3 is 5.32 Å². The first-order chi connectivity index (χ1) is 8.58. The second-order valence-corrected chi connectivity index (χ2v) is 4.66. The maximum absolute atomic E-state index is 12.0. The summed E-state index contributed by atoms with van der Waals surface area (Å²) in [5.41, 5.74) is 0.308. The van der Waals surface area contributed by atoms with Crippen molar-refractivity contribution in [3.63, 3.8) is 0 Å². The quantitative estimate of drug-likeness (QED) is 0.861. The number of carbonyl (C=O) groups is 1. The Labute approximate surface area is 131 Å². The van der Waals surface area contributed by atoms with Gasteiger partial charge in [-0.1, -0.05) is 34.8 Å². The van der Waals surface area contributed by atoms with E-state index < -0.39 is 5.91 Å². The molecule has 1 aromatic heterocycles. The highest BCUT2D eigenvalue weighted by atomic mass is 35.5. The monoisotopic (exact) mass is 336 g/mol. The fourth-order valence-electron chi connectivity index (χ4n) is 1.33. The van der Waals surface area contributed by atoms with Crippen molar-refractivity contribution in [2.75, 3.05) is 5.32 Å². The molecule has 1 N–H and O–H groups in total. The van der Waals surface area contributed by atoms with Crippen LogP contribution >= 0.6 is 47.2 Å². The van der Waals surface area contributed by atoms with Crippen LogP contribution in [0.2, 0.25) is 15.1 Å². The third-order valence-electron chi connectivity index (χ3n) is 2.17. The molecular weight excluding hydrogens is 330 g/mol. The van der Waals surface area contributed by atoms with Crippen LogP contribution in [0.4, 0.5) is 5.82 Å². The second kappa shape index (κ2) is 6.96. The van der Waals surface area contributed by atoms with Gasteiger partial charge in [-0.15, -0.1) is 12.4 Å². The molecule has 0 saturated heterocycles. The number of hydrogen-bond acceptors (Lipinski definition) is 2. The summed E-state index contributed by atoms with van der Waals surface area (Å²) in [5.74, 6) is -0.104. The van der Waals surface area contributed by atoms with E-state index in [0.29, 0.717) is 15.6 Å². The predicted molar refractivity (Wildman–Crippen MR) is 80.9 cm³/mol. The van der Waals surface area contributed by atoms with Gasteiger partial charge in [0.2, 0.25) is 0 Å². The zero-order valence-electron chi connectivity index (χ0n) is 9.36. The van der Waals surface area contributed by atoms with Crippen LogP contribution in [-0.2, 0) is 0 Å². The van der Waals surface area contributed by atoms with Gasteiger partial charge in [0.15, 0.2) is 5.82 Å². The van der Waals surface area contributed by atoms with Crippen LogP contribution in [0, 0.1) is 0 Å². The molecule has 0 aliphatic heterocycles. The Morgan fingerprint density at radius 3 is 2.47 bits per heavy atom. The maximum Gasteiger partial charge on any atom is 0.258 e. The van der Waals surface area contributed by atoms with Gasteiger partial charge in [0.05, 0.1) is 15.6 Å². The summed E-state index contributed by atoms with van der Waals surface area (Å²) in [4.78, 5) is 15.9. The third kappa shape index (κ3) is 3.98. The number of anilines is 1. The van der Waals surface area contributed by atoms with Crippen molar-refractivity contribution >= 4 is 58.9 Å². The van der Waals surface area contributed by atoms with E-state index in [2.05, 4.69) is 10.3 Å². The lowest BCUT2D eigenvalue weighted by Gasteiger charge is -2.07. The van der Waals surface area contributed by atoms with Gasteiger partial charge in [0.25, 0.3) is 5.91 Å². The summed E-state index contributed by atoms with van der Waals surface area (Å²) in [6.07, 6.45) is 1.53. The molecule has 0 bridgehead atoms. The number of carbonyl (C=O) groups excluding carboxylic acids is 1. The van der Waals surface area contributed by atoms with E-state index in [9.17, 15) is 4.79 Å². The first-order valence-corrected chi connectivity index (χ1v) is 6.08. The third-order valence-corrected chi connectivity index (χ3v) is 3.02. The van der Waals surface area contributed by atoms with Gasteiger partial charge >= 0.3 is 0 Å². The lowest BCUT2D eigenvalue weighted by Crippen LogP contribution is -2.13. The van der Waals surface area contributed by atoms with Crippen LogP contribution < -0.4 is 5.32 Å². The molecule has 1 aromatic carbocycles. The Bertz CT molecular complexity index is 604. The molecule has 3 nitrogen and oxygen atoms in total. The number of rotatable bonds is 2. The van der Waals surface area contributed by atoms with E-state index >= 15 is 0 Å². The number of aromatic nitrogens is 1. The second-order valence-electron chi connectivity index (χ2n) is 3.41. The average molecular weight is 338 g/mol. The molecule has 1 amide bonds. The largest absolute Gasteiger partial charge is 0.305 e. The molecule has 2 rings (SSSR count). The minimum Gasteiger partial charge on any atom is -0.305 e. The molecule has 0 radical (unpaired) electrons. The lowest BCUT2D eigenvalue weighted by molar-refractivity contribution is 0.102. The van der Waals surface area contributed by atoms with Crippen molar-refractivity contribution in [3.05, 3.63) is 57.2 Å². The van der Waals surface area contributed by atoms with Crippen LogP contribution in [0.25, 0.3) is 0 Å². The summed E-state index contributed by atoms with van der Waals surface area (Å²) >= 11 is 17.6. The maximum atomic E-state index is 12.0. The molecule has 19 heavy (non-hydrogen) atoms. The minimum atomic E-state index is -0.391. The van der Waals surface area contributed by atoms with Crippen LogP contribution in [-0.4, -0.2) is 10.9 Å². The predicted octanol–water partition coefficient (Wildman–Crippen LogP) is 4.72. The highest BCUT2D eigenvalue weighted by molar-refractivity contribution is 6.37. The molecule has 2 aromatic rings. The first kappa shape index (κ1) is 16.1. The van der Waals surface area contributed by atoms with Gasteiger partial charge in [-0.25, -0.2) is 4.98 Å². The number of nitrogens with zero attached hydrogens (tertiary/aromatic N) is 1. The highest BCUT2D eigenvalue weighted by Gasteiger charge is 2.12. The van der Waals surface area contributed by atoms with Crippen molar-refractivity contribution in [1.82, 2.24) is 4.98 Å². The Balaban J connectivity index is 0.00000180.